The normalized spacial score (nSPS) is 23.5. The Morgan fingerprint density at radius 2 is 2.00 bits per heavy atom. The summed E-state index contributed by atoms with van der Waals surface area (Å²) >= 11 is 0. The highest BCUT2D eigenvalue weighted by atomic mass is 16.5. The lowest BCUT2D eigenvalue weighted by Gasteiger charge is -2.41. The fourth-order valence-electron chi connectivity index (χ4n) is 3.70. The zero-order valence-corrected chi connectivity index (χ0v) is 13.6. The molecule has 3 rings (SSSR count). The third-order valence-electron chi connectivity index (χ3n) is 5.26. The van der Waals surface area contributed by atoms with Gasteiger partial charge in [-0.3, -0.25) is 9.80 Å². The minimum absolute atomic E-state index is 0.673. The molecule has 22 heavy (non-hydrogen) atoms. The van der Waals surface area contributed by atoms with E-state index in [0.29, 0.717) is 11.9 Å². The van der Waals surface area contributed by atoms with Crippen molar-refractivity contribution in [3.05, 3.63) is 23.9 Å². The average Bonchev–Trinajstić information content (AvgIpc) is 2.58. The third kappa shape index (κ3) is 3.77. The van der Waals surface area contributed by atoms with E-state index in [2.05, 4.69) is 27.8 Å². The van der Waals surface area contributed by atoms with Crippen LogP contribution in [0.1, 0.15) is 25.3 Å². The number of hydrogen-bond acceptors (Lipinski definition) is 5. The molecule has 1 aromatic rings. The second kappa shape index (κ2) is 7.40. The predicted molar refractivity (Wildman–Crippen MR) is 88.5 cm³/mol. The molecule has 0 unspecified atom stereocenters. The van der Waals surface area contributed by atoms with Crippen LogP contribution in [0.5, 0.6) is 0 Å². The molecule has 2 saturated heterocycles. The smallest absolute Gasteiger partial charge is 0.127 e. The molecule has 1 aromatic heterocycles. The number of nitrogens with zero attached hydrogens (tertiary/aromatic N) is 3. The first kappa shape index (κ1) is 15.7. The number of morpholine rings is 1. The van der Waals surface area contributed by atoms with Gasteiger partial charge in [0.2, 0.25) is 0 Å². The van der Waals surface area contributed by atoms with Gasteiger partial charge in [0.05, 0.1) is 13.2 Å². The van der Waals surface area contributed by atoms with Crippen LogP contribution in [-0.2, 0) is 11.3 Å². The lowest BCUT2D eigenvalue weighted by Crippen LogP contribution is -2.48. The molecule has 5 heteroatoms. The molecule has 0 amide bonds. The van der Waals surface area contributed by atoms with Gasteiger partial charge in [0.15, 0.2) is 0 Å². The van der Waals surface area contributed by atoms with E-state index < -0.39 is 0 Å². The van der Waals surface area contributed by atoms with E-state index in [1.807, 2.05) is 6.07 Å². The molecule has 122 valence electrons. The Balaban J connectivity index is 1.48. The van der Waals surface area contributed by atoms with Crippen LogP contribution in [0.2, 0.25) is 0 Å². The Morgan fingerprint density at radius 3 is 2.68 bits per heavy atom. The van der Waals surface area contributed by atoms with E-state index in [0.717, 1.165) is 57.4 Å². The van der Waals surface area contributed by atoms with Crippen LogP contribution >= 0.6 is 0 Å². The van der Waals surface area contributed by atoms with E-state index in [1.54, 1.807) is 6.20 Å². The molecule has 0 radical (unpaired) electrons. The molecule has 0 aromatic carbocycles. The number of aromatic nitrogens is 1. The molecule has 3 heterocycles. The monoisotopic (exact) mass is 304 g/mol. The summed E-state index contributed by atoms with van der Waals surface area (Å²) in [6.07, 6.45) is 4.31. The van der Waals surface area contributed by atoms with Crippen molar-refractivity contribution >= 4 is 5.82 Å². The Hall–Kier alpha value is -1.17. The van der Waals surface area contributed by atoms with E-state index in [-0.39, 0.29) is 0 Å². The van der Waals surface area contributed by atoms with Crippen molar-refractivity contribution in [2.24, 2.45) is 5.92 Å². The van der Waals surface area contributed by atoms with Crippen molar-refractivity contribution < 1.29 is 4.74 Å². The zero-order valence-electron chi connectivity index (χ0n) is 13.6. The van der Waals surface area contributed by atoms with Crippen molar-refractivity contribution in [2.75, 3.05) is 45.1 Å². The van der Waals surface area contributed by atoms with E-state index >= 15 is 0 Å². The molecule has 0 spiro atoms. The first-order valence-corrected chi connectivity index (χ1v) is 8.47. The largest absolute Gasteiger partial charge is 0.383 e. The summed E-state index contributed by atoms with van der Waals surface area (Å²) in [5, 5.41) is 0. The number of ether oxygens (including phenoxy) is 1. The topological polar surface area (TPSA) is 54.6 Å². The summed E-state index contributed by atoms with van der Waals surface area (Å²) in [5.41, 5.74) is 7.11. The number of rotatable bonds is 4. The fraction of sp³-hybridized carbons (Fsp3) is 0.706. The average molecular weight is 304 g/mol. The number of nitrogen functional groups attached to an aromatic ring is 1. The summed E-state index contributed by atoms with van der Waals surface area (Å²) in [5.74, 6) is 1.48. The number of pyridine rings is 1. The molecule has 0 bridgehead atoms. The second-order valence-electron chi connectivity index (χ2n) is 6.55. The summed E-state index contributed by atoms with van der Waals surface area (Å²) in [6, 6.07) is 4.73. The fourth-order valence-corrected chi connectivity index (χ4v) is 3.70. The van der Waals surface area contributed by atoms with Gasteiger partial charge in [-0.05, 0) is 44.8 Å². The van der Waals surface area contributed by atoms with Gasteiger partial charge in [-0.25, -0.2) is 4.98 Å². The van der Waals surface area contributed by atoms with Crippen molar-refractivity contribution in [3.8, 4) is 0 Å². The zero-order chi connectivity index (χ0) is 15.4. The quantitative estimate of drug-likeness (QED) is 0.915. The highest BCUT2D eigenvalue weighted by Crippen LogP contribution is 2.26. The molecule has 2 aliphatic heterocycles. The van der Waals surface area contributed by atoms with E-state index in [1.165, 1.54) is 12.8 Å². The van der Waals surface area contributed by atoms with Crippen LogP contribution in [0.25, 0.3) is 0 Å². The van der Waals surface area contributed by atoms with Crippen molar-refractivity contribution in [1.82, 2.24) is 14.8 Å². The van der Waals surface area contributed by atoms with Gasteiger partial charge in [0.25, 0.3) is 0 Å². The highest BCUT2D eigenvalue weighted by molar-refractivity contribution is 5.38. The maximum atomic E-state index is 5.95. The highest BCUT2D eigenvalue weighted by Gasteiger charge is 2.28. The van der Waals surface area contributed by atoms with Gasteiger partial charge in [0.1, 0.15) is 5.82 Å². The van der Waals surface area contributed by atoms with Crippen LogP contribution in [0.15, 0.2) is 18.3 Å². The van der Waals surface area contributed by atoms with Crippen molar-refractivity contribution in [2.45, 2.75) is 32.4 Å². The summed E-state index contributed by atoms with van der Waals surface area (Å²) < 4.78 is 5.46. The van der Waals surface area contributed by atoms with Crippen molar-refractivity contribution in [3.63, 3.8) is 0 Å². The molecule has 2 N–H and O–H groups in total. The number of likely N-dealkylation sites (tertiary alicyclic amines) is 1. The maximum absolute atomic E-state index is 5.95. The maximum Gasteiger partial charge on any atom is 0.127 e. The van der Waals surface area contributed by atoms with Crippen LogP contribution in [-0.4, -0.2) is 60.2 Å². The van der Waals surface area contributed by atoms with Crippen LogP contribution in [0, 0.1) is 5.92 Å². The third-order valence-corrected chi connectivity index (χ3v) is 5.26. The first-order valence-electron chi connectivity index (χ1n) is 8.47. The number of nitrogens with two attached hydrogens (primary N) is 1. The first-order chi connectivity index (χ1) is 10.7. The number of anilines is 1. The lowest BCUT2D eigenvalue weighted by molar-refractivity contribution is -0.00191. The summed E-state index contributed by atoms with van der Waals surface area (Å²) in [6.45, 7) is 9.61. The molecule has 2 fully saturated rings. The molecule has 5 nitrogen and oxygen atoms in total. The summed E-state index contributed by atoms with van der Waals surface area (Å²) in [4.78, 5) is 9.29. The molecule has 0 aliphatic carbocycles. The Labute approximate surface area is 133 Å². The van der Waals surface area contributed by atoms with Crippen LogP contribution in [0.3, 0.4) is 0 Å². The van der Waals surface area contributed by atoms with Gasteiger partial charge in [0, 0.05) is 37.4 Å². The Bertz CT molecular complexity index is 467. The molecule has 0 saturated carbocycles. The molecule has 1 atom stereocenters. The van der Waals surface area contributed by atoms with E-state index in [9.17, 15) is 0 Å². The number of hydrogen-bond donors (Lipinski definition) is 1. The van der Waals surface area contributed by atoms with Gasteiger partial charge >= 0.3 is 0 Å². The summed E-state index contributed by atoms with van der Waals surface area (Å²) in [7, 11) is 0. The molecular weight excluding hydrogens is 276 g/mol. The van der Waals surface area contributed by atoms with Gasteiger partial charge < -0.3 is 10.5 Å². The van der Waals surface area contributed by atoms with Crippen LogP contribution in [0.4, 0.5) is 5.82 Å². The predicted octanol–water partition coefficient (Wildman–Crippen LogP) is 1.60. The second-order valence-corrected chi connectivity index (χ2v) is 6.55. The number of piperidine rings is 1. The molecule has 2 aliphatic rings. The van der Waals surface area contributed by atoms with Crippen molar-refractivity contribution in [1.29, 1.82) is 0 Å². The van der Waals surface area contributed by atoms with Gasteiger partial charge in [-0.15, -0.1) is 0 Å². The van der Waals surface area contributed by atoms with Gasteiger partial charge in [-0.2, -0.15) is 0 Å². The minimum Gasteiger partial charge on any atom is -0.383 e. The standard InChI is InChI=1S/C17H28N4O/c1-14(21-9-11-22-12-10-21)15-4-7-20(8-5-15)13-16-3-2-6-19-17(16)18/h2-3,6,14-15H,4-5,7-13H2,1H3,(H2,18,19)/t14-/m1/s1. The molecular formula is C17H28N4O. The SMILES string of the molecule is C[C@H](C1CCN(Cc2cccnc2N)CC1)N1CCOCC1. The van der Waals surface area contributed by atoms with E-state index in [4.69, 9.17) is 10.5 Å². The van der Waals surface area contributed by atoms with Crippen LogP contribution < -0.4 is 5.73 Å². The lowest BCUT2D eigenvalue weighted by atomic mass is 9.89. The Morgan fingerprint density at radius 1 is 1.27 bits per heavy atom. The minimum atomic E-state index is 0.673. The Kier molecular flexibility index (Phi) is 5.28. The van der Waals surface area contributed by atoms with Gasteiger partial charge in [-0.1, -0.05) is 6.07 Å².